The standard InChI is InChI=1S/C14H27O9P/c1-7-18-13(16)11(10-12(15)21-14(4,5)6)24(17,22-19-8-2)23-20-9-3/h11H,7-10H2,1-6H3. The lowest BCUT2D eigenvalue weighted by Crippen LogP contribution is -2.32. The molecule has 0 bridgehead atoms. The molecule has 10 heteroatoms. The summed E-state index contributed by atoms with van der Waals surface area (Å²) in [7, 11) is -4.29. The SMILES string of the molecule is CCOOP(=O)(OOCC)C(CC(=O)OC(C)(C)C)C(=O)OCC. The number of hydrogen-bond acceptors (Lipinski definition) is 9. The second-order valence-electron chi connectivity index (χ2n) is 5.56. The number of carbonyl (C=O) groups is 2. The Balaban J connectivity index is 5.40. The van der Waals surface area contributed by atoms with Gasteiger partial charge in [-0.05, 0) is 41.5 Å². The molecule has 24 heavy (non-hydrogen) atoms. The number of ether oxygens (including phenoxy) is 2. The predicted molar refractivity (Wildman–Crippen MR) is 83.9 cm³/mol. The van der Waals surface area contributed by atoms with E-state index >= 15 is 0 Å². The molecule has 0 N–H and O–H groups in total. The minimum Gasteiger partial charge on any atom is -0.465 e. The molecule has 0 amide bonds. The molecule has 0 fully saturated rings. The second-order valence-corrected chi connectivity index (χ2v) is 7.56. The molecule has 0 aromatic carbocycles. The Labute approximate surface area is 142 Å². The van der Waals surface area contributed by atoms with E-state index in [2.05, 4.69) is 9.78 Å². The first-order valence-electron chi connectivity index (χ1n) is 7.70. The summed E-state index contributed by atoms with van der Waals surface area (Å²) >= 11 is 0. The van der Waals surface area contributed by atoms with Crippen molar-refractivity contribution in [1.29, 1.82) is 0 Å². The number of esters is 2. The monoisotopic (exact) mass is 370 g/mol. The van der Waals surface area contributed by atoms with Crippen molar-refractivity contribution in [2.45, 2.75) is 59.2 Å². The Kier molecular flexibility index (Phi) is 10.3. The molecule has 0 aromatic heterocycles. The number of rotatable bonds is 11. The fourth-order valence-corrected chi connectivity index (χ4v) is 2.92. The Hall–Kier alpha value is -0.990. The van der Waals surface area contributed by atoms with Gasteiger partial charge in [0.2, 0.25) is 0 Å². The van der Waals surface area contributed by atoms with Gasteiger partial charge in [0.1, 0.15) is 5.60 Å². The van der Waals surface area contributed by atoms with Crippen LogP contribution in [0.2, 0.25) is 0 Å². The van der Waals surface area contributed by atoms with Gasteiger partial charge in [0.05, 0.1) is 26.2 Å². The molecule has 0 saturated heterocycles. The van der Waals surface area contributed by atoms with Gasteiger partial charge in [-0.2, -0.15) is 0 Å². The highest BCUT2D eigenvalue weighted by Crippen LogP contribution is 2.55. The van der Waals surface area contributed by atoms with E-state index in [0.29, 0.717) is 0 Å². The van der Waals surface area contributed by atoms with E-state index in [9.17, 15) is 14.2 Å². The van der Waals surface area contributed by atoms with Crippen molar-refractivity contribution >= 4 is 19.5 Å². The Morgan fingerprint density at radius 1 is 0.958 bits per heavy atom. The molecule has 1 unspecified atom stereocenters. The van der Waals surface area contributed by atoms with Crippen LogP contribution in [0.15, 0.2) is 0 Å². The summed E-state index contributed by atoms with van der Waals surface area (Å²) in [5.74, 6) is -1.70. The van der Waals surface area contributed by atoms with Crippen LogP contribution < -0.4 is 0 Å². The van der Waals surface area contributed by atoms with Gasteiger partial charge >= 0.3 is 19.5 Å². The van der Waals surface area contributed by atoms with E-state index in [4.69, 9.17) is 18.8 Å². The summed E-state index contributed by atoms with van der Waals surface area (Å²) in [4.78, 5) is 33.5. The van der Waals surface area contributed by atoms with E-state index in [1.165, 1.54) is 0 Å². The van der Waals surface area contributed by atoms with Crippen LogP contribution in [0, 0.1) is 0 Å². The van der Waals surface area contributed by atoms with E-state index in [1.807, 2.05) is 0 Å². The van der Waals surface area contributed by atoms with Crippen molar-refractivity contribution in [3.63, 3.8) is 0 Å². The topological polar surface area (TPSA) is 107 Å². The average molecular weight is 370 g/mol. The van der Waals surface area contributed by atoms with E-state index in [0.717, 1.165) is 0 Å². The Morgan fingerprint density at radius 3 is 1.83 bits per heavy atom. The first kappa shape index (κ1) is 23.0. The molecule has 0 aliphatic heterocycles. The highest BCUT2D eigenvalue weighted by atomic mass is 31.2. The summed E-state index contributed by atoms with van der Waals surface area (Å²) in [6, 6.07) is 0. The lowest BCUT2D eigenvalue weighted by Gasteiger charge is -2.24. The fraction of sp³-hybridized carbons (Fsp3) is 0.857. The molecule has 0 rings (SSSR count). The molecular weight excluding hydrogens is 343 g/mol. The quantitative estimate of drug-likeness (QED) is 0.235. The first-order valence-corrected chi connectivity index (χ1v) is 9.31. The fourth-order valence-electron chi connectivity index (χ4n) is 1.47. The summed E-state index contributed by atoms with van der Waals surface area (Å²) in [5.41, 5.74) is -2.35. The van der Waals surface area contributed by atoms with Gasteiger partial charge in [0.25, 0.3) is 0 Å². The van der Waals surface area contributed by atoms with Crippen molar-refractivity contribution in [3.05, 3.63) is 0 Å². The molecule has 142 valence electrons. The highest BCUT2D eigenvalue weighted by Gasteiger charge is 2.47. The van der Waals surface area contributed by atoms with Crippen molar-refractivity contribution < 1.29 is 42.8 Å². The van der Waals surface area contributed by atoms with Crippen molar-refractivity contribution in [2.24, 2.45) is 0 Å². The van der Waals surface area contributed by atoms with Gasteiger partial charge < -0.3 is 9.47 Å². The zero-order valence-corrected chi connectivity index (χ0v) is 15.9. The molecule has 1 atom stereocenters. The molecule has 0 radical (unpaired) electrons. The normalized spacial score (nSPS) is 13.4. The predicted octanol–water partition coefficient (Wildman–Crippen LogP) is 2.78. The van der Waals surface area contributed by atoms with Crippen molar-refractivity contribution in [2.75, 3.05) is 19.8 Å². The minimum absolute atomic E-state index is 0.0208. The lowest BCUT2D eigenvalue weighted by molar-refractivity contribution is -0.264. The zero-order chi connectivity index (χ0) is 18.8. The minimum atomic E-state index is -4.29. The maximum absolute atomic E-state index is 12.8. The van der Waals surface area contributed by atoms with Crippen LogP contribution in [0.25, 0.3) is 0 Å². The molecule has 0 aromatic rings. The number of carbonyl (C=O) groups excluding carboxylic acids is 2. The van der Waals surface area contributed by atoms with Gasteiger partial charge in [-0.1, -0.05) is 0 Å². The van der Waals surface area contributed by atoms with Gasteiger partial charge in [0.15, 0.2) is 5.66 Å². The largest absolute Gasteiger partial charge is 0.465 e. The van der Waals surface area contributed by atoms with Crippen LogP contribution in [0.5, 0.6) is 0 Å². The third-order valence-corrected chi connectivity index (χ3v) is 4.05. The number of hydrogen-bond donors (Lipinski definition) is 0. The van der Waals surface area contributed by atoms with Crippen LogP contribution in [0.1, 0.15) is 48.0 Å². The smallest absolute Gasteiger partial charge is 0.398 e. The van der Waals surface area contributed by atoms with Crippen LogP contribution in [-0.4, -0.2) is 43.0 Å². The van der Waals surface area contributed by atoms with Gasteiger partial charge in [-0.25, -0.2) is 9.78 Å². The molecule has 0 heterocycles. The van der Waals surface area contributed by atoms with E-state index in [1.54, 1.807) is 41.5 Å². The van der Waals surface area contributed by atoms with Gasteiger partial charge in [-0.3, -0.25) is 14.2 Å². The van der Waals surface area contributed by atoms with E-state index < -0.39 is 37.2 Å². The molecule has 0 spiro atoms. The Bertz CT molecular complexity index is 432. The highest BCUT2D eigenvalue weighted by molar-refractivity contribution is 7.55. The first-order chi connectivity index (χ1) is 11.1. The summed E-state index contributed by atoms with van der Waals surface area (Å²) in [5, 5.41) is 0. The third kappa shape index (κ3) is 8.75. The van der Waals surface area contributed by atoms with Crippen LogP contribution in [-0.2, 0) is 42.8 Å². The maximum Gasteiger partial charge on any atom is 0.398 e. The zero-order valence-electron chi connectivity index (χ0n) is 15.0. The second kappa shape index (κ2) is 10.8. The average Bonchev–Trinajstić information content (AvgIpc) is 2.47. The van der Waals surface area contributed by atoms with Crippen LogP contribution in [0.3, 0.4) is 0 Å². The summed E-state index contributed by atoms with van der Waals surface area (Å²) in [6.45, 7) is 9.83. The molecule has 9 nitrogen and oxygen atoms in total. The Morgan fingerprint density at radius 2 is 1.46 bits per heavy atom. The molecular formula is C14H27O9P. The van der Waals surface area contributed by atoms with Gasteiger partial charge in [-0.15, -0.1) is 9.35 Å². The van der Waals surface area contributed by atoms with Crippen LogP contribution >= 0.6 is 7.60 Å². The third-order valence-electron chi connectivity index (χ3n) is 2.27. The van der Waals surface area contributed by atoms with E-state index in [-0.39, 0.29) is 19.8 Å². The van der Waals surface area contributed by atoms with Crippen molar-refractivity contribution in [1.82, 2.24) is 0 Å². The lowest BCUT2D eigenvalue weighted by atomic mass is 10.2. The molecule has 0 aliphatic carbocycles. The maximum atomic E-state index is 12.8. The molecule has 0 saturated carbocycles. The summed E-state index contributed by atoms with van der Waals surface area (Å²) < 4.78 is 32.3. The summed E-state index contributed by atoms with van der Waals surface area (Å²) in [6.07, 6.45) is -0.576. The van der Waals surface area contributed by atoms with Crippen LogP contribution in [0.4, 0.5) is 0 Å². The molecule has 0 aliphatic rings. The van der Waals surface area contributed by atoms with Crippen molar-refractivity contribution in [3.8, 4) is 0 Å². The van der Waals surface area contributed by atoms with Gasteiger partial charge in [0, 0.05) is 0 Å².